The Morgan fingerprint density at radius 1 is 1.65 bits per heavy atom. The van der Waals surface area contributed by atoms with E-state index in [1.54, 1.807) is 12.3 Å². The van der Waals surface area contributed by atoms with Crippen molar-refractivity contribution < 1.29 is 9.90 Å². The summed E-state index contributed by atoms with van der Waals surface area (Å²) in [5.41, 5.74) is 0.268. The van der Waals surface area contributed by atoms with Crippen LogP contribution in [-0.2, 0) is 0 Å². The summed E-state index contributed by atoms with van der Waals surface area (Å²) in [5.74, 6) is -0.478. The molecule has 0 unspecified atom stereocenters. The maximum absolute atomic E-state index is 11.2. The van der Waals surface area contributed by atoms with Gasteiger partial charge in [0.15, 0.2) is 0 Å². The first-order valence-corrected chi connectivity index (χ1v) is 6.53. The second-order valence-electron chi connectivity index (χ2n) is 4.47. The van der Waals surface area contributed by atoms with Crippen LogP contribution in [0.2, 0.25) is 0 Å². The lowest BCUT2D eigenvalue weighted by atomic mass is 9.75. The van der Waals surface area contributed by atoms with Crippen LogP contribution in [0.5, 0.6) is 0 Å². The Labute approximate surface area is 109 Å². The van der Waals surface area contributed by atoms with Gasteiger partial charge in [0.05, 0.1) is 0 Å². The summed E-state index contributed by atoms with van der Waals surface area (Å²) in [6.45, 7) is 2.12. The Balaban J connectivity index is 2.29. The molecule has 17 heavy (non-hydrogen) atoms. The molecular formula is C12H15BrN2O2. The number of nitrogens with one attached hydrogen (secondary N) is 1. The maximum atomic E-state index is 11.2. The van der Waals surface area contributed by atoms with Gasteiger partial charge in [-0.05, 0) is 47.7 Å². The number of nitrogens with zero attached hydrogens (tertiary/aromatic N) is 1. The lowest BCUT2D eigenvalue weighted by Gasteiger charge is -2.42. The highest BCUT2D eigenvalue weighted by atomic mass is 79.9. The molecule has 0 atom stereocenters. The van der Waals surface area contributed by atoms with Crippen molar-refractivity contribution in [3.8, 4) is 0 Å². The molecule has 5 heteroatoms. The third-order valence-electron chi connectivity index (χ3n) is 3.46. The van der Waals surface area contributed by atoms with Gasteiger partial charge in [0, 0.05) is 16.2 Å². The van der Waals surface area contributed by atoms with Crippen LogP contribution in [0, 0.1) is 0 Å². The number of rotatable bonds is 4. The standard InChI is InChI=1S/C12H15BrN2O2/c1-2-12(4-3-5-12)15-10-9(11(16)17)6-8(13)7-14-10/h6-7H,2-5H2,1H3,(H,14,15)(H,16,17). The molecule has 0 amide bonds. The molecule has 1 saturated carbocycles. The number of aromatic nitrogens is 1. The largest absolute Gasteiger partial charge is 0.478 e. The number of hydrogen-bond donors (Lipinski definition) is 2. The normalized spacial score (nSPS) is 17.3. The molecule has 0 aromatic carbocycles. The number of halogens is 1. The van der Waals surface area contributed by atoms with Gasteiger partial charge >= 0.3 is 5.97 Å². The van der Waals surface area contributed by atoms with Crippen LogP contribution in [0.3, 0.4) is 0 Å². The van der Waals surface area contributed by atoms with Crippen LogP contribution in [-0.4, -0.2) is 21.6 Å². The molecule has 4 nitrogen and oxygen atoms in total. The van der Waals surface area contributed by atoms with Gasteiger partial charge in [-0.2, -0.15) is 0 Å². The van der Waals surface area contributed by atoms with Crippen molar-refractivity contribution in [2.75, 3.05) is 5.32 Å². The van der Waals surface area contributed by atoms with Crippen molar-refractivity contribution in [3.63, 3.8) is 0 Å². The molecule has 1 aliphatic rings. The Kier molecular flexibility index (Phi) is 3.38. The molecule has 1 aliphatic carbocycles. The van der Waals surface area contributed by atoms with Gasteiger partial charge in [-0.25, -0.2) is 9.78 Å². The molecule has 0 bridgehead atoms. The predicted octanol–water partition coefficient (Wildman–Crippen LogP) is 3.29. The predicted molar refractivity (Wildman–Crippen MR) is 69.4 cm³/mol. The number of hydrogen-bond acceptors (Lipinski definition) is 3. The summed E-state index contributed by atoms with van der Waals surface area (Å²) in [7, 11) is 0. The molecule has 1 heterocycles. The second-order valence-corrected chi connectivity index (χ2v) is 5.38. The number of carboxylic acids is 1. The Morgan fingerprint density at radius 2 is 2.35 bits per heavy atom. The van der Waals surface area contributed by atoms with E-state index in [2.05, 4.69) is 33.2 Å². The molecule has 0 aliphatic heterocycles. The second kappa shape index (κ2) is 4.64. The molecule has 0 saturated heterocycles. The monoisotopic (exact) mass is 298 g/mol. The van der Waals surface area contributed by atoms with Crippen molar-refractivity contribution >= 4 is 27.7 Å². The number of carbonyl (C=O) groups is 1. The van der Waals surface area contributed by atoms with Crippen LogP contribution in [0.25, 0.3) is 0 Å². The Hall–Kier alpha value is -1.10. The van der Waals surface area contributed by atoms with Gasteiger partial charge in [-0.15, -0.1) is 0 Å². The van der Waals surface area contributed by atoms with Crippen LogP contribution in [0.1, 0.15) is 43.0 Å². The third-order valence-corrected chi connectivity index (χ3v) is 3.89. The number of pyridine rings is 1. The SMILES string of the molecule is CCC1(Nc2ncc(Br)cc2C(=O)O)CCC1. The van der Waals surface area contributed by atoms with E-state index < -0.39 is 5.97 Å². The quantitative estimate of drug-likeness (QED) is 0.895. The lowest BCUT2D eigenvalue weighted by molar-refractivity contribution is 0.0697. The zero-order valence-electron chi connectivity index (χ0n) is 9.66. The fourth-order valence-electron chi connectivity index (χ4n) is 2.12. The molecule has 1 fully saturated rings. The zero-order chi connectivity index (χ0) is 12.5. The molecule has 2 rings (SSSR count). The summed E-state index contributed by atoms with van der Waals surface area (Å²) >= 11 is 3.24. The van der Waals surface area contributed by atoms with Crippen LogP contribution < -0.4 is 5.32 Å². The average molecular weight is 299 g/mol. The lowest BCUT2D eigenvalue weighted by Crippen LogP contribution is -2.44. The first kappa shape index (κ1) is 12.4. The highest BCUT2D eigenvalue weighted by molar-refractivity contribution is 9.10. The van der Waals surface area contributed by atoms with E-state index >= 15 is 0 Å². The van der Waals surface area contributed by atoms with Gasteiger partial charge in [-0.1, -0.05) is 6.92 Å². The fraction of sp³-hybridized carbons (Fsp3) is 0.500. The van der Waals surface area contributed by atoms with Crippen LogP contribution >= 0.6 is 15.9 Å². The maximum Gasteiger partial charge on any atom is 0.339 e. The Morgan fingerprint density at radius 3 is 2.82 bits per heavy atom. The first-order valence-electron chi connectivity index (χ1n) is 5.73. The van der Waals surface area contributed by atoms with E-state index in [1.807, 2.05) is 0 Å². The van der Waals surface area contributed by atoms with Crippen molar-refractivity contribution in [2.45, 2.75) is 38.1 Å². The third kappa shape index (κ3) is 2.44. The van der Waals surface area contributed by atoms with Gasteiger partial charge in [-0.3, -0.25) is 0 Å². The molecule has 0 spiro atoms. The number of aromatic carboxylic acids is 1. The van der Waals surface area contributed by atoms with Crippen molar-refractivity contribution in [2.24, 2.45) is 0 Å². The fourth-order valence-corrected chi connectivity index (χ4v) is 2.45. The molecule has 1 aromatic heterocycles. The molecule has 1 aromatic rings. The number of carboxylic acid groups (broad SMARTS) is 1. The topological polar surface area (TPSA) is 62.2 Å². The van der Waals surface area contributed by atoms with E-state index in [4.69, 9.17) is 5.11 Å². The number of anilines is 1. The minimum atomic E-state index is -0.952. The Bertz CT molecular complexity index is 439. The van der Waals surface area contributed by atoms with Gasteiger partial charge in [0.1, 0.15) is 11.4 Å². The first-order chi connectivity index (χ1) is 8.06. The van der Waals surface area contributed by atoms with E-state index in [0.29, 0.717) is 10.3 Å². The highest BCUT2D eigenvalue weighted by Crippen LogP contribution is 2.38. The van der Waals surface area contributed by atoms with E-state index in [0.717, 1.165) is 19.3 Å². The smallest absolute Gasteiger partial charge is 0.339 e. The highest BCUT2D eigenvalue weighted by Gasteiger charge is 2.36. The van der Waals surface area contributed by atoms with E-state index in [1.165, 1.54) is 6.42 Å². The van der Waals surface area contributed by atoms with Crippen LogP contribution in [0.4, 0.5) is 5.82 Å². The van der Waals surface area contributed by atoms with E-state index in [9.17, 15) is 4.79 Å². The summed E-state index contributed by atoms with van der Waals surface area (Å²) < 4.78 is 0.680. The minimum absolute atomic E-state index is 0.0467. The van der Waals surface area contributed by atoms with Gasteiger partial charge < -0.3 is 10.4 Å². The molecule has 0 radical (unpaired) electrons. The van der Waals surface area contributed by atoms with Crippen molar-refractivity contribution in [3.05, 3.63) is 22.3 Å². The van der Waals surface area contributed by atoms with Crippen molar-refractivity contribution in [1.29, 1.82) is 0 Å². The average Bonchev–Trinajstić information content (AvgIpc) is 2.25. The molecular weight excluding hydrogens is 284 g/mol. The summed E-state index contributed by atoms with van der Waals surface area (Å²) in [4.78, 5) is 15.3. The van der Waals surface area contributed by atoms with E-state index in [-0.39, 0.29) is 11.1 Å². The summed E-state index contributed by atoms with van der Waals surface area (Å²) in [6.07, 6.45) is 5.97. The van der Waals surface area contributed by atoms with Crippen LogP contribution in [0.15, 0.2) is 16.7 Å². The van der Waals surface area contributed by atoms with Crippen molar-refractivity contribution in [1.82, 2.24) is 4.98 Å². The molecule has 2 N–H and O–H groups in total. The van der Waals surface area contributed by atoms with Gasteiger partial charge in [0.25, 0.3) is 0 Å². The molecule has 92 valence electrons. The minimum Gasteiger partial charge on any atom is -0.478 e. The van der Waals surface area contributed by atoms with Gasteiger partial charge in [0.2, 0.25) is 0 Å². The summed E-state index contributed by atoms with van der Waals surface area (Å²) in [6, 6.07) is 1.58. The summed E-state index contributed by atoms with van der Waals surface area (Å²) in [5, 5.41) is 12.5. The zero-order valence-corrected chi connectivity index (χ0v) is 11.2.